The maximum Gasteiger partial charge on any atom is 0.115 e. The van der Waals surface area contributed by atoms with Crippen molar-refractivity contribution in [2.45, 2.75) is 13.0 Å². The number of phenols is 1. The van der Waals surface area contributed by atoms with E-state index >= 15 is 0 Å². The number of aromatic hydroxyl groups is 1. The van der Waals surface area contributed by atoms with Gasteiger partial charge in [-0.25, -0.2) is 0 Å². The van der Waals surface area contributed by atoms with E-state index in [0.29, 0.717) is 5.75 Å². The SMILES string of the molecule is OCCN1CCCN(Cc2cccc(O)c2)CC1. The maximum atomic E-state index is 9.46. The van der Waals surface area contributed by atoms with E-state index in [2.05, 4.69) is 15.9 Å². The minimum Gasteiger partial charge on any atom is -0.508 e. The Labute approximate surface area is 108 Å². The molecule has 0 atom stereocenters. The van der Waals surface area contributed by atoms with Gasteiger partial charge in [0.2, 0.25) is 0 Å². The second-order valence-corrected chi connectivity index (χ2v) is 4.86. The maximum absolute atomic E-state index is 9.46. The van der Waals surface area contributed by atoms with E-state index in [-0.39, 0.29) is 6.61 Å². The lowest BCUT2D eigenvalue weighted by Gasteiger charge is -2.21. The van der Waals surface area contributed by atoms with Gasteiger partial charge in [0.1, 0.15) is 5.75 Å². The van der Waals surface area contributed by atoms with Crippen molar-refractivity contribution >= 4 is 0 Å². The summed E-state index contributed by atoms with van der Waals surface area (Å²) in [5, 5.41) is 18.4. The van der Waals surface area contributed by atoms with Crippen LogP contribution in [-0.2, 0) is 6.54 Å². The zero-order valence-corrected chi connectivity index (χ0v) is 10.8. The molecule has 0 bridgehead atoms. The Bertz CT molecular complexity index is 371. The highest BCUT2D eigenvalue weighted by Crippen LogP contribution is 2.14. The van der Waals surface area contributed by atoms with E-state index in [9.17, 15) is 5.11 Å². The molecule has 0 aromatic heterocycles. The number of β-amino-alcohol motifs (C(OH)–C–C–N with tert-alkyl or cyclic N) is 1. The molecule has 1 saturated heterocycles. The number of rotatable bonds is 4. The first-order valence-electron chi connectivity index (χ1n) is 6.61. The highest BCUT2D eigenvalue weighted by molar-refractivity contribution is 5.26. The third-order valence-corrected chi connectivity index (χ3v) is 3.41. The second-order valence-electron chi connectivity index (χ2n) is 4.86. The summed E-state index contributed by atoms with van der Waals surface area (Å²) in [6, 6.07) is 7.47. The summed E-state index contributed by atoms with van der Waals surface area (Å²) in [5.41, 5.74) is 1.16. The number of aliphatic hydroxyl groups excluding tert-OH is 1. The van der Waals surface area contributed by atoms with E-state index in [0.717, 1.165) is 51.3 Å². The van der Waals surface area contributed by atoms with Crippen LogP contribution < -0.4 is 0 Å². The van der Waals surface area contributed by atoms with Crippen LogP contribution in [0.2, 0.25) is 0 Å². The minimum absolute atomic E-state index is 0.243. The molecule has 1 heterocycles. The highest BCUT2D eigenvalue weighted by Gasteiger charge is 2.14. The molecule has 0 aliphatic carbocycles. The van der Waals surface area contributed by atoms with Crippen LogP contribution in [0.25, 0.3) is 0 Å². The summed E-state index contributed by atoms with van der Waals surface area (Å²) in [6.45, 7) is 6.09. The fraction of sp³-hybridized carbons (Fsp3) is 0.571. The van der Waals surface area contributed by atoms with Crippen molar-refractivity contribution in [1.29, 1.82) is 0 Å². The van der Waals surface area contributed by atoms with Gasteiger partial charge in [0.15, 0.2) is 0 Å². The number of phenolic OH excluding ortho intramolecular Hbond substituents is 1. The van der Waals surface area contributed by atoms with Crippen molar-refractivity contribution in [3.8, 4) is 5.75 Å². The lowest BCUT2D eigenvalue weighted by Crippen LogP contribution is -2.32. The smallest absolute Gasteiger partial charge is 0.115 e. The van der Waals surface area contributed by atoms with Crippen LogP contribution in [0.15, 0.2) is 24.3 Å². The van der Waals surface area contributed by atoms with Crippen molar-refractivity contribution in [1.82, 2.24) is 9.80 Å². The number of hydrogen-bond acceptors (Lipinski definition) is 4. The number of nitrogens with zero attached hydrogens (tertiary/aromatic N) is 2. The summed E-state index contributed by atoms with van der Waals surface area (Å²) in [6.07, 6.45) is 1.14. The van der Waals surface area contributed by atoms with E-state index < -0.39 is 0 Å². The third kappa shape index (κ3) is 3.98. The van der Waals surface area contributed by atoms with Gasteiger partial charge < -0.3 is 10.2 Å². The summed E-state index contributed by atoms with van der Waals surface area (Å²) in [5.74, 6) is 0.337. The van der Waals surface area contributed by atoms with E-state index in [1.54, 1.807) is 6.07 Å². The molecular weight excluding hydrogens is 228 g/mol. The van der Waals surface area contributed by atoms with Gasteiger partial charge in [0.05, 0.1) is 6.61 Å². The molecule has 4 heteroatoms. The molecule has 2 rings (SSSR count). The van der Waals surface area contributed by atoms with Crippen LogP contribution >= 0.6 is 0 Å². The summed E-state index contributed by atoms with van der Waals surface area (Å²) < 4.78 is 0. The Morgan fingerprint density at radius 2 is 1.83 bits per heavy atom. The average molecular weight is 250 g/mol. The lowest BCUT2D eigenvalue weighted by atomic mass is 10.2. The molecule has 100 valence electrons. The molecule has 0 saturated carbocycles. The lowest BCUT2D eigenvalue weighted by molar-refractivity contribution is 0.196. The zero-order chi connectivity index (χ0) is 12.8. The van der Waals surface area contributed by atoms with Gasteiger partial charge >= 0.3 is 0 Å². The van der Waals surface area contributed by atoms with E-state index in [4.69, 9.17) is 5.11 Å². The largest absolute Gasteiger partial charge is 0.508 e. The molecular formula is C14H22N2O2. The van der Waals surface area contributed by atoms with Gasteiger partial charge in [-0.15, -0.1) is 0 Å². The fourth-order valence-corrected chi connectivity index (χ4v) is 2.46. The Hall–Kier alpha value is -1.10. The van der Waals surface area contributed by atoms with Gasteiger partial charge in [-0.1, -0.05) is 12.1 Å². The molecule has 1 fully saturated rings. The molecule has 0 amide bonds. The van der Waals surface area contributed by atoms with Gasteiger partial charge in [-0.2, -0.15) is 0 Å². The third-order valence-electron chi connectivity index (χ3n) is 3.41. The van der Waals surface area contributed by atoms with Gasteiger partial charge in [0.25, 0.3) is 0 Å². The monoisotopic (exact) mass is 250 g/mol. The first kappa shape index (κ1) is 13.3. The normalized spacial score (nSPS) is 18.7. The Kier molecular flexibility index (Phi) is 4.99. The molecule has 0 spiro atoms. The summed E-state index contributed by atoms with van der Waals surface area (Å²) in [7, 11) is 0. The number of benzene rings is 1. The van der Waals surface area contributed by atoms with Crippen LogP contribution in [0.1, 0.15) is 12.0 Å². The molecule has 1 aliphatic rings. The van der Waals surface area contributed by atoms with Crippen LogP contribution in [0.3, 0.4) is 0 Å². The number of aliphatic hydroxyl groups is 1. The van der Waals surface area contributed by atoms with Crippen molar-refractivity contribution in [2.24, 2.45) is 0 Å². The minimum atomic E-state index is 0.243. The summed E-state index contributed by atoms with van der Waals surface area (Å²) >= 11 is 0. The van der Waals surface area contributed by atoms with Gasteiger partial charge in [-0.05, 0) is 37.2 Å². The molecule has 1 aliphatic heterocycles. The van der Waals surface area contributed by atoms with Crippen LogP contribution in [-0.4, -0.2) is 59.3 Å². The van der Waals surface area contributed by atoms with E-state index in [1.807, 2.05) is 12.1 Å². The fourth-order valence-electron chi connectivity index (χ4n) is 2.46. The predicted molar refractivity (Wildman–Crippen MR) is 71.5 cm³/mol. The van der Waals surface area contributed by atoms with Gasteiger partial charge in [0, 0.05) is 26.2 Å². The highest BCUT2D eigenvalue weighted by atomic mass is 16.3. The van der Waals surface area contributed by atoms with Crippen LogP contribution in [0, 0.1) is 0 Å². The Morgan fingerprint density at radius 3 is 2.61 bits per heavy atom. The second kappa shape index (κ2) is 6.73. The predicted octanol–water partition coefficient (Wildman–Crippen LogP) is 0.892. The standard InChI is InChI=1S/C14H22N2O2/c17-10-9-15-5-2-6-16(8-7-15)12-13-3-1-4-14(18)11-13/h1,3-4,11,17-18H,2,5-10,12H2. The van der Waals surface area contributed by atoms with Crippen LogP contribution in [0.5, 0.6) is 5.75 Å². The molecule has 18 heavy (non-hydrogen) atoms. The van der Waals surface area contributed by atoms with Crippen LogP contribution in [0.4, 0.5) is 0 Å². The Balaban J connectivity index is 1.87. The first-order chi connectivity index (χ1) is 8.78. The number of hydrogen-bond donors (Lipinski definition) is 2. The molecule has 2 N–H and O–H groups in total. The van der Waals surface area contributed by atoms with E-state index in [1.165, 1.54) is 0 Å². The molecule has 1 aromatic carbocycles. The van der Waals surface area contributed by atoms with Crippen molar-refractivity contribution in [2.75, 3.05) is 39.3 Å². The van der Waals surface area contributed by atoms with Crippen molar-refractivity contribution in [3.05, 3.63) is 29.8 Å². The molecule has 1 aromatic rings. The average Bonchev–Trinajstić information content (AvgIpc) is 2.56. The molecule has 0 unspecified atom stereocenters. The molecule has 4 nitrogen and oxygen atoms in total. The first-order valence-corrected chi connectivity index (χ1v) is 6.61. The molecule has 0 radical (unpaired) electrons. The van der Waals surface area contributed by atoms with Crippen molar-refractivity contribution < 1.29 is 10.2 Å². The topological polar surface area (TPSA) is 46.9 Å². The van der Waals surface area contributed by atoms with Crippen molar-refractivity contribution in [3.63, 3.8) is 0 Å². The summed E-state index contributed by atoms with van der Waals surface area (Å²) in [4.78, 5) is 4.72. The zero-order valence-electron chi connectivity index (χ0n) is 10.8. The van der Waals surface area contributed by atoms with Gasteiger partial charge in [-0.3, -0.25) is 9.80 Å². The Morgan fingerprint density at radius 1 is 1.06 bits per heavy atom. The quantitative estimate of drug-likeness (QED) is 0.833.